The molecular weight excluding hydrogens is 480 g/mol. The number of hydrogen-bond donors (Lipinski definition) is 1. The largest absolute Gasteiger partial charge is 0.417 e. The van der Waals surface area contributed by atoms with Crippen molar-refractivity contribution >= 4 is 51.6 Å². The molecule has 136 valence electrons. The summed E-state index contributed by atoms with van der Waals surface area (Å²) in [6, 6.07) is 7.82. The van der Waals surface area contributed by atoms with E-state index in [9.17, 15) is 18.0 Å². The molecule has 0 fully saturated rings. The Hall–Kier alpha value is -1.82. The van der Waals surface area contributed by atoms with Crippen LogP contribution in [0.4, 0.5) is 18.9 Å². The molecule has 10 heteroatoms. The molecule has 0 spiro atoms. The average molecular weight is 492 g/mol. The molecular formula is C16H12F3IN4OS. The summed E-state index contributed by atoms with van der Waals surface area (Å²) in [7, 11) is 0. The van der Waals surface area contributed by atoms with E-state index in [2.05, 4.69) is 38.1 Å². The van der Waals surface area contributed by atoms with Gasteiger partial charge >= 0.3 is 6.18 Å². The minimum Gasteiger partial charge on any atom is -0.325 e. The highest BCUT2D eigenvalue weighted by molar-refractivity contribution is 14.1. The van der Waals surface area contributed by atoms with Gasteiger partial charge in [0.05, 0.1) is 11.3 Å². The highest BCUT2D eigenvalue weighted by Crippen LogP contribution is 2.30. The van der Waals surface area contributed by atoms with Crippen molar-refractivity contribution in [1.29, 1.82) is 0 Å². The molecule has 1 amide bonds. The normalized spacial score (nSPS) is 11.7. The van der Waals surface area contributed by atoms with E-state index in [-0.39, 0.29) is 22.5 Å². The number of pyridine rings is 1. The van der Waals surface area contributed by atoms with Gasteiger partial charge in [-0.1, -0.05) is 11.8 Å². The third-order valence-corrected chi connectivity index (χ3v) is 5.11. The van der Waals surface area contributed by atoms with E-state index in [1.54, 1.807) is 0 Å². The predicted molar refractivity (Wildman–Crippen MR) is 101 cm³/mol. The van der Waals surface area contributed by atoms with E-state index in [1.165, 1.54) is 10.5 Å². The summed E-state index contributed by atoms with van der Waals surface area (Å²) in [5.74, 6) is -0.273. The number of aromatic nitrogens is 3. The highest BCUT2D eigenvalue weighted by atomic mass is 127. The molecule has 26 heavy (non-hydrogen) atoms. The second kappa shape index (κ2) is 7.43. The number of alkyl halides is 3. The number of benzene rings is 1. The van der Waals surface area contributed by atoms with Crippen LogP contribution in [0.2, 0.25) is 0 Å². The Bertz CT molecular complexity index is 974. The molecule has 5 nitrogen and oxygen atoms in total. The van der Waals surface area contributed by atoms with Crippen molar-refractivity contribution in [2.75, 3.05) is 11.1 Å². The average Bonchev–Trinajstić information content (AvgIpc) is 2.97. The highest BCUT2D eigenvalue weighted by Gasteiger charge is 2.31. The lowest BCUT2D eigenvalue weighted by Crippen LogP contribution is -2.15. The zero-order valence-corrected chi connectivity index (χ0v) is 16.3. The minimum atomic E-state index is -4.46. The van der Waals surface area contributed by atoms with Gasteiger partial charge in [0.1, 0.15) is 0 Å². The Labute approximate surface area is 164 Å². The maximum absolute atomic E-state index is 12.9. The van der Waals surface area contributed by atoms with E-state index < -0.39 is 11.7 Å². The third kappa shape index (κ3) is 4.29. The molecule has 1 aromatic carbocycles. The van der Waals surface area contributed by atoms with Crippen molar-refractivity contribution in [2.45, 2.75) is 18.3 Å². The topological polar surface area (TPSA) is 59.3 Å². The van der Waals surface area contributed by atoms with E-state index in [0.717, 1.165) is 33.2 Å². The van der Waals surface area contributed by atoms with Crippen LogP contribution in [0.5, 0.6) is 0 Å². The van der Waals surface area contributed by atoms with Gasteiger partial charge in [0.25, 0.3) is 0 Å². The number of aryl methyl sites for hydroxylation is 1. The molecule has 0 aliphatic carbocycles. The van der Waals surface area contributed by atoms with Crippen LogP contribution in [0.15, 0.2) is 41.7 Å². The Balaban J connectivity index is 1.72. The summed E-state index contributed by atoms with van der Waals surface area (Å²) in [5, 5.41) is 10.7. The Morgan fingerprint density at radius 2 is 2.04 bits per heavy atom. The van der Waals surface area contributed by atoms with E-state index in [0.29, 0.717) is 5.69 Å². The fourth-order valence-corrected chi connectivity index (χ4v) is 3.58. The summed E-state index contributed by atoms with van der Waals surface area (Å²) < 4.78 is 40.8. The zero-order chi connectivity index (χ0) is 18.9. The second-order valence-corrected chi connectivity index (χ2v) is 7.61. The molecule has 2 heterocycles. The van der Waals surface area contributed by atoms with Gasteiger partial charge in [0.15, 0.2) is 10.8 Å². The van der Waals surface area contributed by atoms with E-state index in [1.807, 2.05) is 25.1 Å². The van der Waals surface area contributed by atoms with Crippen molar-refractivity contribution < 1.29 is 18.0 Å². The smallest absolute Gasteiger partial charge is 0.325 e. The molecule has 0 saturated carbocycles. The van der Waals surface area contributed by atoms with E-state index >= 15 is 0 Å². The number of anilines is 1. The maximum Gasteiger partial charge on any atom is 0.417 e. The Morgan fingerprint density at radius 3 is 2.73 bits per heavy atom. The molecule has 0 aliphatic rings. The standard InChI is InChI=1S/C16H12F3IN4OS/c1-9-6-11(20)3-4-12(9)21-14(25)8-26-15-23-22-13-5-2-10(7-24(13)15)16(17,18)19/h2-7H,8H2,1H3,(H,21,25). The van der Waals surface area contributed by atoms with Crippen LogP contribution in [0, 0.1) is 10.5 Å². The summed E-state index contributed by atoms with van der Waals surface area (Å²) >= 11 is 3.20. The first-order valence-electron chi connectivity index (χ1n) is 7.35. The van der Waals surface area contributed by atoms with Gasteiger partial charge in [0, 0.05) is 15.5 Å². The lowest BCUT2D eigenvalue weighted by Gasteiger charge is -2.09. The first-order chi connectivity index (χ1) is 12.2. The van der Waals surface area contributed by atoms with Crippen molar-refractivity contribution in [1.82, 2.24) is 14.6 Å². The lowest BCUT2D eigenvalue weighted by atomic mass is 10.2. The van der Waals surface area contributed by atoms with Crippen molar-refractivity contribution in [3.63, 3.8) is 0 Å². The third-order valence-electron chi connectivity index (χ3n) is 3.49. The quantitative estimate of drug-likeness (QED) is 0.434. The summed E-state index contributed by atoms with van der Waals surface area (Å²) in [5.41, 5.74) is 1.11. The van der Waals surface area contributed by atoms with Crippen LogP contribution in [-0.4, -0.2) is 26.3 Å². The Morgan fingerprint density at radius 1 is 1.27 bits per heavy atom. The fourth-order valence-electron chi connectivity index (χ4n) is 2.22. The molecule has 0 aliphatic heterocycles. The molecule has 0 radical (unpaired) electrons. The summed E-state index contributed by atoms with van der Waals surface area (Å²) in [6.45, 7) is 1.88. The van der Waals surface area contributed by atoms with Crippen molar-refractivity contribution in [2.24, 2.45) is 0 Å². The molecule has 1 N–H and O–H groups in total. The van der Waals surface area contributed by atoms with Crippen LogP contribution < -0.4 is 5.32 Å². The van der Waals surface area contributed by atoms with Gasteiger partial charge in [-0.25, -0.2) is 0 Å². The molecule has 0 bridgehead atoms. The first-order valence-corrected chi connectivity index (χ1v) is 9.41. The van der Waals surface area contributed by atoms with Gasteiger partial charge in [0.2, 0.25) is 5.91 Å². The van der Waals surface area contributed by atoms with Gasteiger partial charge in [-0.3, -0.25) is 9.20 Å². The van der Waals surface area contributed by atoms with Gasteiger partial charge in [-0.05, 0) is 65.4 Å². The number of thioether (sulfide) groups is 1. The SMILES string of the molecule is Cc1cc(I)ccc1NC(=O)CSc1nnc2ccc(C(F)(F)F)cn12. The minimum absolute atomic E-state index is 0.00245. The molecule has 3 aromatic rings. The van der Waals surface area contributed by atoms with Crippen LogP contribution in [0.1, 0.15) is 11.1 Å². The molecule has 3 rings (SSSR count). The van der Waals surface area contributed by atoms with Crippen molar-refractivity contribution in [3.8, 4) is 0 Å². The van der Waals surface area contributed by atoms with Gasteiger partial charge in [-0.15, -0.1) is 10.2 Å². The number of fused-ring (bicyclic) bond motifs is 1. The summed E-state index contributed by atoms with van der Waals surface area (Å²) in [6.07, 6.45) is -3.53. The zero-order valence-electron chi connectivity index (χ0n) is 13.3. The van der Waals surface area contributed by atoms with Crippen LogP contribution in [0.25, 0.3) is 5.65 Å². The van der Waals surface area contributed by atoms with Crippen LogP contribution in [-0.2, 0) is 11.0 Å². The number of carbonyl (C=O) groups excluding carboxylic acids is 1. The molecule has 0 atom stereocenters. The van der Waals surface area contributed by atoms with Crippen LogP contribution in [0.3, 0.4) is 0 Å². The fraction of sp³-hybridized carbons (Fsp3) is 0.188. The maximum atomic E-state index is 12.9. The number of rotatable bonds is 4. The monoisotopic (exact) mass is 492 g/mol. The second-order valence-electron chi connectivity index (χ2n) is 5.42. The van der Waals surface area contributed by atoms with Crippen molar-refractivity contribution in [3.05, 3.63) is 51.2 Å². The Kier molecular flexibility index (Phi) is 5.42. The predicted octanol–water partition coefficient (Wildman–Crippen LogP) is 4.39. The van der Waals surface area contributed by atoms with E-state index in [4.69, 9.17) is 0 Å². The molecule has 0 unspecified atom stereocenters. The number of carbonyl (C=O) groups is 1. The number of halogens is 4. The van der Waals surface area contributed by atoms with Gasteiger partial charge in [-0.2, -0.15) is 13.2 Å². The lowest BCUT2D eigenvalue weighted by molar-refractivity contribution is -0.137. The number of amides is 1. The number of hydrogen-bond acceptors (Lipinski definition) is 4. The molecule has 2 aromatic heterocycles. The number of nitrogens with zero attached hydrogens (tertiary/aromatic N) is 3. The number of nitrogens with one attached hydrogen (secondary N) is 1. The van der Waals surface area contributed by atoms with Gasteiger partial charge < -0.3 is 5.32 Å². The molecule has 0 saturated heterocycles. The van der Waals surface area contributed by atoms with Crippen LogP contribution >= 0.6 is 34.4 Å². The summed E-state index contributed by atoms with van der Waals surface area (Å²) in [4.78, 5) is 12.1. The first kappa shape index (κ1) is 19.0.